The van der Waals surface area contributed by atoms with Crippen LogP contribution in [0.25, 0.3) is 0 Å². The number of amides is 2. The summed E-state index contributed by atoms with van der Waals surface area (Å²) in [7, 11) is 0. The number of carbonyl (C=O) groups excluding carboxylic acids is 2. The van der Waals surface area contributed by atoms with Gasteiger partial charge in [-0.15, -0.1) is 11.8 Å². The van der Waals surface area contributed by atoms with Crippen molar-refractivity contribution in [3.8, 4) is 0 Å². The molecular formula is C13H15ClN2O2S. The van der Waals surface area contributed by atoms with Gasteiger partial charge in [-0.25, -0.2) is 0 Å². The van der Waals surface area contributed by atoms with Gasteiger partial charge in [-0.2, -0.15) is 0 Å². The minimum Gasteiger partial charge on any atom is -0.306 e. The summed E-state index contributed by atoms with van der Waals surface area (Å²) in [6, 6.07) is 7.09. The fourth-order valence-corrected chi connectivity index (χ4v) is 2.91. The quantitative estimate of drug-likeness (QED) is 0.833. The highest BCUT2D eigenvalue weighted by Crippen LogP contribution is 2.26. The summed E-state index contributed by atoms with van der Waals surface area (Å²) in [5.41, 5.74) is 0. The van der Waals surface area contributed by atoms with Crippen LogP contribution in [-0.2, 0) is 9.59 Å². The molecule has 1 aliphatic heterocycles. The van der Waals surface area contributed by atoms with E-state index >= 15 is 0 Å². The van der Waals surface area contributed by atoms with Crippen molar-refractivity contribution in [3.63, 3.8) is 0 Å². The van der Waals surface area contributed by atoms with Crippen LogP contribution < -0.4 is 10.6 Å². The molecule has 2 amide bonds. The van der Waals surface area contributed by atoms with E-state index in [0.717, 1.165) is 24.3 Å². The molecule has 1 unspecified atom stereocenters. The number of halogens is 1. The summed E-state index contributed by atoms with van der Waals surface area (Å²) >= 11 is 7.31. The predicted molar refractivity (Wildman–Crippen MR) is 76.4 cm³/mol. The van der Waals surface area contributed by atoms with Crippen LogP contribution in [0.5, 0.6) is 0 Å². The lowest BCUT2D eigenvalue weighted by molar-refractivity contribution is -0.130. The Morgan fingerprint density at radius 3 is 2.89 bits per heavy atom. The standard InChI is InChI=1S/C13H15ClN2O2S/c14-9-4-1-2-6-11(9)19-8-12(17)16-13(18)10-5-3-7-15-10/h1-2,4,6,10,15H,3,5,7-8H2,(H,16,17,18). The largest absolute Gasteiger partial charge is 0.306 e. The van der Waals surface area contributed by atoms with Crippen molar-refractivity contribution in [3.05, 3.63) is 29.3 Å². The number of carbonyl (C=O) groups is 2. The van der Waals surface area contributed by atoms with Gasteiger partial charge < -0.3 is 5.32 Å². The highest BCUT2D eigenvalue weighted by Gasteiger charge is 2.23. The van der Waals surface area contributed by atoms with Gasteiger partial charge in [0, 0.05) is 4.90 Å². The maximum atomic E-state index is 11.7. The first-order valence-electron chi connectivity index (χ1n) is 6.11. The van der Waals surface area contributed by atoms with Gasteiger partial charge >= 0.3 is 0 Å². The van der Waals surface area contributed by atoms with Crippen molar-refractivity contribution in [1.82, 2.24) is 10.6 Å². The first-order valence-corrected chi connectivity index (χ1v) is 7.47. The monoisotopic (exact) mass is 298 g/mol. The van der Waals surface area contributed by atoms with E-state index in [0.29, 0.717) is 5.02 Å². The van der Waals surface area contributed by atoms with Gasteiger partial charge in [0.2, 0.25) is 11.8 Å². The van der Waals surface area contributed by atoms with Crippen molar-refractivity contribution in [2.45, 2.75) is 23.8 Å². The van der Waals surface area contributed by atoms with Gasteiger partial charge in [-0.05, 0) is 31.5 Å². The van der Waals surface area contributed by atoms with E-state index in [1.54, 1.807) is 6.07 Å². The van der Waals surface area contributed by atoms with Gasteiger partial charge in [0.1, 0.15) is 0 Å². The Balaban J connectivity index is 1.78. The normalized spacial score (nSPS) is 18.3. The second-order valence-corrected chi connectivity index (χ2v) is 5.70. The lowest BCUT2D eigenvalue weighted by Crippen LogP contribution is -2.43. The summed E-state index contributed by atoms with van der Waals surface area (Å²) in [5, 5.41) is 6.07. The summed E-state index contributed by atoms with van der Waals surface area (Å²) in [5.74, 6) is -0.340. The number of imide groups is 1. The highest BCUT2D eigenvalue weighted by molar-refractivity contribution is 8.00. The SMILES string of the molecule is O=C(CSc1ccccc1Cl)NC(=O)C1CCCN1. The molecule has 1 atom stereocenters. The molecule has 1 saturated heterocycles. The second kappa shape index (κ2) is 6.93. The van der Waals surface area contributed by atoms with Crippen molar-refractivity contribution >= 4 is 35.2 Å². The van der Waals surface area contributed by atoms with Crippen LogP contribution in [0.2, 0.25) is 5.02 Å². The molecule has 1 aromatic carbocycles. The molecule has 102 valence electrons. The Labute approximate surface area is 121 Å². The van der Waals surface area contributed by atoms with Crippen LogP contribution in [0.1, 0.15) is 12.8 Å². The minimum atomic E-state index is -0.288. The van der Waals surface area contributed by atoms with Crippen LogP contribution in [0.3, 0.4) is 0 Å². The van der Waals surface area contributed by atoms with Crippen molar-refractivity contribution in [1.29, 1.82) is 0 Å². The second-order valence-electron chi connectivity index (χ2n) is 4.28. The van der Waals surface area contributed by atoms with Crippen LogP contribution in [0, 0.1) is 0 Å². The van der Waals surface area contributed by atoms with Gasteiger partial charge in [-0.1, -0.05) is 23.7 Å². The molecule has 0 aromatic heterocycles. The molecule has 1 heterocycles. The average Bonchev–Trinajstić information content (AvgIpc) is 2.91. The third-order valence-corrected chi connectivity index (χ3v) is 4.35. The van der Waals surface area contributed by atoms with Crippen LogP contribution >= 0.6 is 23.4 Å². The van der Waals surface area contributed by atoms with Crippen molar-refractivity contribution in [2.75, 3.05) is 12.3 Å². The Hall–Kier alpha value is -1.04. The molecule has 0 radical (unpaired) electrons. The van der Waals surface area contributed by atoms with Crippen LogP contribution in [0.15, 0.2) is 29.2 Å². The predicted octanol–water partition coefficient (Wildman–Crippen LogP) is 1.83. The van der Waals surface area contributed by atoms with E-state index in [-0.39, 0.29) is 23.6 Å². The molecule has 0 bridgehead atoms. The fourth-order valence-electron chi connectivity index (χ4n) is 1.87. The number of hydrogen-bond acceptors (Lipinski definition) is 4. The van der Waals surface area contributed by atoms with E-state index in [1.807, 2.05) is 18.2 Å². The molecule has 1 fully saturated rings. The molecule has 4 nitrogen and oxygen atoms in total. The Kier molecular flexibility index (Phi) is 5.24. The topological polar surface area (TPSA) is 58.2 Å². The lowest BCUT2D eigenvalue weighted by atomic mass is 10.2. The molecule has 1 aliphatic rings. The highest BCUT2D eigenvalue weighted by atomic mass is 35.5. The minimum absolute atomic E-state index is 0.183. The molecular weight excluding hydrogens is 284 g/mol. The number of rotatable bonds is 4. The summed E-state index contributed by atoms with van der Waals surface area (Å²) in [6.07, 6.45) is 1.76. The zero-order chi connectivity index (χ0) is 13.7. The van der Waals surface area contributed by atoms with Crippen LogP contribution in [0.4, 0.5) is 0 Å². The van der Waals surface area contributed by atoms with E-state index in [1.165, 1.54) is 11.8 Å². The molecule has 2 rings (SSSR count). The zero-order valence-electron chi connectivity index (χ0n) is 10.3. The first kappa shape index (κ1) is 14.4. The molecule has 19 heavy (non-hydrogen) atoms. The fraction of sp³-hybridized carbons (Fsp3) is 0.385. The summed E-state index contributed by atoms with van der Waals surface area (Å²) in [6.45, 7) is 0.834. The molecule has 0 saturated carbocycles. The molecule has 0 spiro atoms. The third-order valence-electron chi connectivity index (χ3n) is 2.83. The van der Waals surface area contributed by atoms with Crippen LogP contribution in [-0.4, -0.2) is 30.2 Å². The number of benzene rings is 1. The summed E-state index contributed by atoms with van der Waals surface area (Å²) < 4.78 is 0. The van der Waals surface area contributed by atoms with Crippen molar-refractivity contribution in [2.24, 2.45) is 0 Å². The average molecular weight is 299 g/mol. The lowest BCUT2D eigenvalue weighted by Gasteiger charge is -2.10. The maximum Gasteiger partial charge on any atom is 0.243 e. The van der Waals surface area contributed by atoms with E-state index in [2.05, 4.69) is 10.6 Å². The molecule has 1 aromatic rings. The van der Waals surface area contributed by atoms with E-state index < -0.39 is 0 Å². The third kappa shape index (κ3) is 4.23. The Morgan fingerprint density at radius 1 is 1.42 bits per heavy atom. The molecule has 6 heteroatoms. The number of nitrogens with one attached hydrogen (secondary N) is 2. The van der Waals surface area contributed by atoms with Gasteiger partial charge in [0.15, 0.2) is 0 Å². The number of hydrogen-bond donors (Lipinski definition) is 2. The zero-order valence-corrected chi connectivity index (χ0v) is 11.9. The van der Waals surface area contributed by atoms with Gasteiger partial charge in [-0.3, -0.25) is 14.9 Å². The van der Waals surface area contributed by atoms with Crippen molar-refractivity contribution < 1.29 is 9.59 Å². The van der Waals surface area contributed by atoms with Gasteiger partial charge in [0.25, 0.3) is 0 Å². The van der Waals surface area contributed by atoms with E-state index in [9.17, 15) is 9.59 Å². The Bertz CT molecular complexity index is 475. The van der Waals surface area contributed by atoms with Gasteiger partial charge in [0.05, 0.1) is 16.8 Å². The molecule has 2 N–H and O–H groups in total. The smallest absolute Gasteiger partial charge is 0.243 e. The Morgan fingerprint density at radius 2 is 2.21 bits per heavy atom. The summed E-state index contributed by atoms with van der Waals surface area (Å²) in [4.78, 5) is 24.2. The maximum absolute atomic E-state index is 11.7. The number of thioether (sulfide) groups is 1. The molecule has 0 aliphatic carbocycles. The first-order chi connectivity index (χ1) is 9.16. The van der Waals surface area contributed by atoms with E-state index in [4.69, 9.17) is 11.6 Å².